The third-order valence-electron chi connectivity index (χ3n) is 5.87. The summed E-state index contributed by atoms with van der Waals surface area (Å²) < 4.78 is 0. The van der Waals surface area contributed by atoms with Gasteiger partial charge in [-0.1, -0.05) is 30.2 Å². The fraction of sp³-hybridized carbons (Fsp3) is 0.348. The maximum Gasteiger partial charge on any atom is 0.0454 e. The van der Waals surface area contributed by atoms with Crippen molar-refractivity contribution in [3.63, 3.8) is 0 Å². The summed E-state index contributed by atoms with van der Waals surface area (Å²) in [7, 11) is 0. The molecule has 0 bridgehead atoms. The van der Waals surface area contributed by atoms with Gasteiger partial charge in [0.1, 0.15) is 0 Å². The van der Waals surface area contributed by atoms with Crippen LogP contribution in [0.2, 0.25) is 5.02 Å². The second kappa shape index (κ2) is 7.14. The first-order chi connectivity index (χ1) is 13.3. The molecule has 3 nitrogen and oxygen atoms in total. The summed E-state index contributed by atoms with van der Waals surface area (Å²) in [4.78, 5) is 9.66. The largest absolute Gasteiger partial charge is 0.365 e. The maximum atomic E-state index is 6.16. The zero-order valence-electron chi connectivity index (χ0n) is 15.5. The maximum absolute atomic E-state index is 6.16. The lowest BCUT2D eigenvalue weighted by molar-refractivity contribution is 0.208. The van der Waals surface area contributed by atoms with E-state index in [4.69, 9.17) is 11.6 Å². The molecular weight excluding hydrogens is 354 g/mol. The fourth-order valence-corrected chi connectivity index (χ4v) is 4.48. The van der Waals surface area contributed by atoms with E-state index >= 15 is 0 Å². The molecule has 3 aliphatic rings. The number of hydrogen-bond donors (Lipinski definition) is 0. The van der Waals surface area contributed by atoms with E-state index in [1.807, 2.05) is 30.6 Å². The van der Waals surface area contributed by atoms with E-state index in [-0.39, 0.29) is 0 Å². The Hall–Kier alpha value is -2.10. The molecule has 0 radical (unpaired) electrons. The van der Waals surface area contributed by atoms with Gasteiger partial charge in [0.2, 0.25) is 0 Å². The predicted octanol–water partition coefficient (Wildman–Crippen LogP) is 4.85. The van der Waals surface area contributed by atoms with E-state index < -0.39 is 0 Å². The number of nitrogens with zero attached hydrogens (tertiary/aromatic N) is 3. The highest BCUT2D eigenvalue weighted by atomic mass is 35.5. The van der Waals surface area contributed by atoms with Crippen molar-refractivity contribution in [1.29, 1.82) is 0 Å². The van der Waals surface area contributed by atoms with Gasteiger partial charge in [0.25, 0.3) is 0 Å². The van der Waals surface area contributed by atoms with Crippen LogP contribution in [0.5, 0.6) is 0 Å². The molecule has 0 spiro atoms. The minimum absolute atomic E-state index is 0.760. The third-order valence-corrected chi connectivity index (χ3v) is 6.10. The van der Waals surface area contributed by atoms with Gasteiger partial charge in [-0.25, -0.2) is 0 Å². The average molecular weight is 378 g/mol. The molecule has 1 fully saturated rings. The SMILES string of the molecule is Clc1cccc(-c2cncc(C3=C4C=C4N(CCN4CCCCC4)C3)c2)c1. The van der Waals surface area contributed by atoms with Crippen LogP contribution in [0.4, 0.5) is 0 Å². The molecular formula is C23H24ClN3. The Balaban J connectivity index is 1.29. The topological polar surface area (TPSA) is 19.4 Å². The molecule has 27 heavy (non-hydrogen) atoms. The van der Waals surface area contributed by atoms with Crippen LogP contribution >= 0.6 is 11.6 Å². The number of aromatic nitrogens is 1. The first-order valence-corrected chi connectivity index (χ1v) is 10.3. The molecule has 0 amide bonds. The van der Waals surface area contributed by atoms with Gasteiger partial charge in [-0.2, -0.15) is 0 Å². The van der Waals surface area contributed by atoms with Gasteiger partial charge in [-0.3, -0.25) is 4.98 Å². The summed E-state index contributed by atoms with van der Waals surface area (Å²) in [5, 5.41) is 0.760. The van der Waals surface area contributed by atoms with Gasteiger partial charge in [0.05, 0.1) is 0 Å². The van der Waals surface area contributed by atoms with E-state index in [0.717, 1.165) is 29.2 Å². The molecule has 138 valence electrons. The normalized spacial score (nSPS) is 19.3. The Morgan fingerprint density at radius 2 is 1.78 bits per heavy atom. The lowest BCUT2D eigenvalue weighted by atomic mass is 10.0. The molecule has 1 aliphatic carbocycles. The van der Waals surface area contributed by atoms with Crippen molar-refractivity contribution in [3.05, 3.63) is 70.7 Å². The van der Waals surface area contributed by atoms with Crippen LogP contribution in [-0.4, -0.2) is 47.5 Å². The number of likely N-dealkylation sites (tertiary alicyclic amines) is 1. The molecule has 3 heterocycles. The number of benzene rings is 1. The average Bonchev–Trinajstić information content (AvgIpc) is 3.42. The number of hydrogen-bond acceptors (Lipinski definition) is 3. The molecule has 0 unspecified atom stereocenters. The Labute approximate surface area is 166 Å². The first kappa shape index (κ1) is 17.0. The molecule has 1 aromatic heterocycles. The van der Waals surface area contributed by atoms with Crippen LogP contribution in [0.15, 0.2) is 60.1 Å². The van der Waals surface area contributed by atoms with Crippen molar-refractivity contribution in [2.24, 2.45) is 0 Å². The van der Waals surface area contributed by atoms with Crippen molar-refractivity contribution in [3.8, 4) is 11.1 Å². The summed E-state index contributed by atoms with van der Waals surface area (Å²) in [5.74, 6) is 0. The highest BCUT2D eigenvalue weighted by molar-refractivity contribution is 6.30. The summed E-state index contributed by atoms with van der Waals surface area (Å²) in [6, 6.07) is 10.2. The standard InChI is InChI=1S/C23H24ClN3/c24-20-6-4-5-17(12-20)18-11-19(15-25-14-18)22-16-27(23-13-21(22)23)10-9-26-7-2-1-3-8-26/h4-6,11-15H,1-3,7-10,16H2. The smallest absolute Gasteiger partial charge is 0.0454 e. The van der Waals surface area contributed by atoms with Crippen LogP contribution in [0.1, 0.15) is 24.8 Å². The molecule has 5 rings (SSSR count). The van der Waals surface area contributed by atoms with Gasteiger partial charge >= 0.3 is 0 Å². The van der Waals surface area contributed by atoms with E-state index in [1.54, 1.807) is 0 Å². The quantitative estimate of drug-likeness (QED) is 0.742. The number of piperidine rings is 1. The minimum Gasteiger partial charge on any atom is -0.365 e. The number of fused-ring (bicyclic) bond motifs is 1. The number of halogens is 1. The number of pyridine rings is 1. The van der Waals surface area contributed by atoms with Gasteiger partial charge in [-0.05, 0) is 66.9 Å². The molecule has 4 heteroatoms. The van der Waals surface area contributed by atoms with Crippen LogP contribution in [0, 0.1) is 0 Å². The Morgan fingerprint density at radius 1 is 0.926 bits per heavy atom. The lowest BCUT2D eigenvalue weighted by Gasteiger charge is -2.29. The van der Waals surface area contributed by atoms with E-state index in [1.165, 1.54) is 61.3 Å². The van der Waals surface area contributed by atoms with Crippen molar-refractivity contribution in [1.82, 2.24) is 14.8 Å². The molecule has 0 atom stereocenters. The van der Waals surface area contributed by atoms with Crippen molar-refractivity contribution < 1.29 is 0 Å². The summed E-state index contributed by atoms with van der Waals surface area (Å²) in [5.41, 5.74) is 7.76. The van der Waals surface area contributed by atoms with Crippen molar-refractivity contribution in [2.45, 2.75) is 19.3 Å². The second-order valence-corrected chi connectivity index (χ2v) is 8.15. The molecule has 0 N–H and O–H groups in total. The molecule has 0 saturated carbocycles. The van der Waals surface area contributed by atoms with Crippen molar-refractivity contribution in [2.75, 3.05) is 32.7 Å². The van der Waals surface area contributed by atoms with Crippen molar-refractivity contribution >= 4 is 17.2 Å². The Morgan fingerprint density at radius 3 is 2.63 bits per heavy atom. The molecule has 2 aromatic rings. The van der Waals surface area contributed by atoms with E-state index in [9.17, 15) is 0 Å². The molecule has 2 aliphatic heterocycles. The van der Waals surface area contributed by atoms with Gasteiger partial charge < -0.3 is 9.80 Å². The zero-order valence-corrected chi connectivity index (χ0v) is 16.3. The molecule has 1 aromatic carbocycles. The fourth-order valence-electron chi connectivity index (χ4n) is 4.29. The Kier molecular flexibility index (Phi) is 4.50. The summed E-state index contributed by atoms with van der Waals surface area (Å²) >= 11 is 6.16. The third kappa shape index (κ3) is 3.54. The van der Waals surface area contributed by atoms with Crippen LogP contribution < -0.4 is 0 Å². The predicted molar refractivity (Wildman–Crippen MR) is 112 cm³/mol. The Bertz CT molecular complexity index is 925. The van der Waals surface area contributed by atoms with Gasteiger partial charge in [0, 0.05) is 53.9 Å². The van der Waals surface area contributed by atoms with Crippen LogP contribution in [0.25, 0.3) is 16.7 Å². The summed E-state index contributed by atoms with van der Waals surface area (Å²) in [6.45, 7) is 5.85. The van der Waals surface area contributed by atoms with Gasteiger partial charge in [0.15, 0.2) is 0 Å². The molecule has 1 saturated heterocycles. The highest BCUT2D eigenvalue weighted by Crippen LogP contribution is 2.45. The summed E-state index contributed by atoms with van der Waals surface area (Å²) in [6.07, 6.45) is 10.4. The first-order valence-electron chi connectivity index (χ1n) is 9.92. The van der Waals surface area contributed by atoms with E-state index in [0.29, 0.717) is 0 Å². The highest BCUT2D eigenvalue weighted by Gasteiger charge is 2.35. The van der Waals surface area contributed by atoms with E-state index in [2.05, 4.69) is 33.0 Å². The van der Waals surface area contributed by atoms with Crippen LogP contribution in [-0.2, 0) is 0 Å². The second-order valence-electron chi connectivity index (χ2n) is 7.72. The lowest BCUT2D eigenvalue weighted by Crippen LogP contribution is -2.36. The number of rotatable bonds is 5. The van der Waals surface area contributed by atoms with Gasteiger partial charge in [-0.15, -0.1) is 0 Å². The monoisotopic (exact) mass is 377 g/mol. The number of allylic oxidation sites excluding steroid dienone is 2. The minimum atomic E-state index is 0.760. The van der Waals surface area contributed by atoms with Crippen LogP contribution in [0.3, 0.4) is 0 Å². The zero-order chi connectivity index (χ0) is 18.2.